The molecule has 0 saturated heterocycles. The lowest BCUT2D eigenvalue weighted by Crippen LogP contribution is -2.40. The van der Waals surface area contributed by atoms with Gasteiger partial charge in [-0.2, -0.15) is 0 Å². The van der Waals surface area contributed by atoms with Crippen LogP contribution in [0.4, 0.5) is 0 Å². The highest BCUT2D eigenvalue weighted by Crippen LogP contribution is 2.34. The van der Waals surface area contributed by atoms with Gasteiger partial charge in [-0.1, -0.05) is 48.5 Å². The number of thiophene rings is 1. The van der Waals surface area contributed by atoms with Crippen LogP contribution >= 0.6 is 23.7 Å². The fourth-order valence-electron chi connectivity index (χ4n) is 3.28. The zero-order valence-electron chi connectivity index (χ0n) is 14.0. The number of halogens is 1. The Morgan fingerprint density at radius 2 is 1.88 bits per heavy atom. The lowest BCUT2D eigenvalue weighted by molar-refractivity contribution is 0.240. The maximum Gasteiger partial charge on any atom is 0.123 e. The van der Waals surface area contributed by atoms with Crippen LogP contribution < -0.4 is 10.1 Å². The third-order valence-corrected chi connectivity index (χ3v) is 5.43. The van der Waals surface area contributed by atoms with Crippen molar-refractivity contribution in [2.45, 2.75) is 18.9 Å². The average molecular weight is 372 g/mol. The van der Waals surface area contributed by atoms with Crippen molar-refractivity contribution in [1.29, 1.82) is 0 Å². The number of rotatable bonds is 5. The van der Waals surface area contributed by atoms with Crippen LogP contribution in [0.25, 0.3) is 11.1 Å². The molecule has 0 fully saturated rings. The van der Waals surface area contributed by atoms with Crippen LogP contribution in [0.1, 0.15) is 10.4 Å². The first-order valence-electron chi connectivity index (χ1n) is 8.46. The summed E-state index contributed by atoms with van der Waals surface area (Å²) in [6, 6.07) is 21.7. The summed E-state index contributed by atoms with van der Waals surface area (Å²) < 4.78 is 6.03. The van der Waals surface area contributed by atoms with Crippen molar-refractivity contribution in [3.63, 3.8) is 0 Å². The Morgan fingerprint density at radius 3 is 2.68 bits per heavy atom. The summed E-state index contributed by atoms with van der Waals surface area (Å²) in [5.41, 5.74) is 3.87. The zero-order valence-corrected chi connectivity index (χ0v) is 15.6. The quantitative estimate of drug-likeness (QED) is 0.683. The first-order chi connectivity index (χ1) is 11.9. The smallest absolute Gasteiger partial charge is 0.123 e. The minimum absolute atomic E-state index is 0. The van der Waals surface area contributed by atoms with Crippen molar-refractivity contribution in [1.82, 2.24) is 5.32 Å². The highest BCUT2D eigenvalue weighted by Gasteiger charge is 2.22. The lowest BCUT2D eigenvalue weighted by atomic mass is 9.93. The van der Waals surface area contributed by atoms with E-state index in [0.717, 1.165) is 31.7 Å². The Hall–Kier alpha value is -1.81. The molecule has 2 aromatic carbocycles. The van der Waals surface area contributed by atoms with Gasteiger partial charge in [0.2, 0.25) is 0 Å². The number of hydrogen-bond acceptors (Lipinski definition) is 3. The monoisotopic (exact) mass is 371 g/mol. The van der Waals surface area contributed by atoms with Gasteiger partial charge in [0, 0.05) is 23.0 Å². The molecule has 1 N–H and O–H groups in total. The van der Waals surface area contributed by atoms with Gasteiger partial charge in [-0.15, -0.1) is 23.7 Å². The van der Waals surface area contributed by atoms with Crippen molar-refractivity contribution in [3.8, 4) is 16.9 Å². The van der Waals surface area contributed by atoms with Crippen molar-refractivity contribution < 1.29 is 4.74 Å². The summed E-state index contributed by atoms with van der Waals surface area (Å²) >= 11 is 1.83. The summed E-state index contributed by atoms with van der Waals surface area (Å²) in [6.45, 7) is 1.74. The topological polar surface area (TPSA) is 21.3 Å². The first-order valence-corrected chi connectivity index (χ1v) is 9.34. The zero-order chi connectivity index (χ0) is 16.2. The fraction of sp³-hybridized carbons (Fsp3) is 0.238. The molecular formula is C21H22ClNOS. The average Bonchev–Trinajstić information content (AvgIpc) is 3.15. The van der Waals surface area contributed by atoms with E-state index < -0.39 is 0 Å². The minimum atomic E-state index is 0. The second kappa shape index (κ2) is 8.52. The van der Waals surface area contributed by atoms with Gasteiger partial charge in [0.15, 0.2) is 0 Å². The number of ether oxygens (including phenoxy) is 1. The van der Waals surface area contributed by atoms with E-state index in [0.29, 0.717) is 6.04 Å². The van der Waals surface area contributed by atoms with Crippen LogP contribution in [0.15, 0.2) is 66.0 Å². The van der Waals surface area contributed by atoms with Gasteiger partial charge in [0.1, 0.15) is 12.4 Å². The highest BCUT2D eigenvalue weighted by molar-refractivity contribution is 7.09. The number of fused-ring (bicyclic) bond motifs is 1. The molecule has 1 atom stereocenters. The maximum absolute atomic E-state index is 6.03. The van der Waals surface area contributed by atoms with E-state index in [4.69, 9.17) is 4.74 Å². The molecule has 0 radical (unpaired) electrons. The van der Waals surface area contributed by atoms with Crippen molar-refractivity contribution in [3.05, 3.63) is 76.5 Å². The molecule has 1 aromatic heterocycles. The van der Waals surface area contributed by atoms with E-state index >= 15 is 0 Å². The molecule has 4 heteroatoms. The highest BCUT2D eigenvalue weighted by atomic mass is 35.5. The van der Waals surface area contributed by atoms with Crippen LogP contribution in [0.2, 0.25) is 0 Å². The molecule has 0 bridgehead atoms. The molecule has 4 rings (SSSR count). The van der Waals surface area contributed by atoms with Gasteiger partial charge < -0.3 is 10.1 Å². The second-order valence-electron chi connectivity index (χ2n) is 6.14. The number of hydrogen-bond donors (Lipinski definition) is 1. The van der Waals surface area contributed by atoms with Crippen molar-refractivity contribution in [2.24, 2.45) is 0 Å². The molecule has 2 nitrogen and oxygen atoms in total. The molecular weight excluding hydrogens is 350 g/mol. The molecule has 0 spiro atoms. The standard InChI is InChI=1S/C21H21NOS.ClH/c1-2-6-16(7-3-1)19-9-4-10-21-20(19)14-17(15-23-21)22-12-11-18-8-5-13-24-18;/h1-10,13,17,22H,11-12,14-15H2;1H. The molecule has 0 aliphatic carbocycles. The van der Waals surface area contributed by atoms with Gasteiger partial charge in [-0.3, -0.25) is 0 Å². The molecule has 2 heterocycles. The van der Waals surface area contributed by atoms with Crippen LogP contribution in [0.5, 0.6) is 5.75 Å². The predicted molar refractivity (Wildman–Crippen MR) is 108 cm³/mol. The minimum Gasteiger partial charge on any atom is -0.492 e. The summed E-state index contributed by atoms with van der Waals surface area (Å²) in [5.74, 6) is 1.03. The predicted octanol–water partition coefficient (Wildman–Crippen LogP) is 4.97. The van der Waals surface area contributed by atoms with Crippen LogP contribution in [0.3, 0.4) is 0 Å². The molecule has 3 aromatic rings. The first kappa shape index (κ1) is 18.0. The van der Waals surface area contributed by atoms with E-state index in [-0.39, 0.29) is 12.4 Å². The second-order valence-corrected chi connectivity index (χ2v) is 7.18. The largest absolute Gasteiger partial charge is 0.492 e. The van der Waals surface area contributed by atoms with E-state index in [1.165, 1.54) is 21.6 Å². The molecule has 0 amide bonds. The van der Waals surface area contributed by atoms with Crippen LogP contribution in [-0.2, 0) is 12.8 Å². The lowest BCUT2D eigenvalue weighted by Gasteiger charge is -2.28. The Balaban J connectivity index is 0.00000182. The van der Waals surface area contributed by atoms with E-state index in [1.54, 1.807) is 0 Å². The Kier molecular flexibility index (Phi) is 6.14. The van der Waals surface area contributed by atoms with E-state index in [1.807, 2.05) is 11.3 Å². The summed E-state index contributed by atoms with van der Waals surface area (Å²) in [7, 11) is 0. The number of nitrogens with one attached hydrogen (secondary N) is 1. The van der Waals surface area contributed by atoms with Gasteiger partial charge in [0.05, 0.1) is 0 Å². The third-order valence-electron chi connectivity index (χ3n) is 4.49. The fourth-order valence-corrected chi connectivity index (χ4v) is 3.99. The molecule has 1 aliphatic heterocycles. The van der Waals surface area contributed by atoms with E-state index in [2.05, 4.69) is 71.4 Å². The van der Waals surface area contributed by atoms with Gasteiger partial charge in [-0.05, 0) is 41.5 Å². The van der Waals surface area contributed by atoms with Crippen LogP contribution in [0, 0.1) is 0 Å². The van der Waals surface area contributed by atoms with Gasteiger partial charge >= 0.3 is 0 Å². The molecule has 0 saturated carbocycles. The molecule has 1 unspecified atom stereocenters. The third kappa shape index (κ3) is 4.24. The van der Waals surface area contributed by atoms with Crippen LogP contribution in [-0.4, -0.2) is 19.2 Å². The summed E-state index contributed by atoms with van der Waals surface area (Å²) in [4.78, 5) is 1.43. The van der Waals surface area contributed by atoms with Crippen molar-refractivity contribution in [2.75, 3.05) is 13.2 Å². The Bertz CT molecular complexity index is 789. The van der Waals surface area contributed by atoms with Gasteiger partial charge in [0.25, 0.3) is 0 Å². The molecule has 1 aliphatic rings. The van der Waals surface area contributed by atoms with Gasteiger partial charge in [-0.25, -0.2) is 0 Å². The SMILES string of the molecule is Cl.c1ccc(-c2cccc3c2CC(NCCc2cccs2)CO3)cc1. The summed E-state index contributed by atoms with van der Waals surface area (Å²) in [5, 5.41) is 5.80. The Labute approximate surface area is 159 Å². The molecule has 25 heavy (non-hydrogen) atoms. The number of benzene rings is 2. The normalized spacial score (nSPS) is 15.8. The van der Waals surface area contributed by atoms with Crippen molar-refractivity contribution >= 4 is 23.7 Å². The maximum atomic E-state index is 6.03. The Morgan fingerprint density at radius 1 is 1.00 bits per heavy atom. The molecule has 130 valence electrons. The van der Waals surface area contributed by atoms with E-state index in [9.17, 15) is 0 Å². The summed E-state index contributed by atoms with van der Waals surface area (Å²) in [6.07, 6.45) is 2.10.